The van der Waals surface area contributed by atoms with E-state index < -0.39 is 11.7 Å². The maximum atomic E-state index is 12.3. The molecule has 0 aliphatic heterocycles. The standard InChI is InChI=1S/C16H21NO3/c1-16(2,3)20-15(19)17(10-11-18)14-9-8-12-6-4-5-7-13(12)14/h4-9,14,18H,10-11H2,1-3H3. The van der Waals surface area contributed by atoms with Gasteiger partial charge < -0.3 is 9.84 Å². The van der Waals surface area contributed by atoms with Crippen molar-refractivity contribution in [3.63, 3.8) is 0 Å². The summed E-state index contributed by atoms with van der Waals surface area (Å²) in [6.45, 7) is 5.66. The molecule has 4 nitrogen and oxygen atoms in total. The van der Waals surface area contributed by atoms with E-state index in [4.69, 9.17) is 4.74 Å². The van der Waals surface area contributed by atoms with Crippen LogP contribution in [0.15, 0.2) is 30.3 Å². The summed E-state index contributed by atoms with van der Waals surface area (Å²) in [6, 6.07) is 7.75. The minimum absolute atomic E-state index is 0.0915. The minimum Gasteiger partial charge on any atom is -0.444 e. The molecule has 1 aromatic carbocycles. The zero-order chi connectivity index (χ0) is 14.8. The second-order valence-corrected chi connectivity index (χ2v) is 5.83. The lowest BCUT2D eigenvalue weighted by Gasteiger charge is -2.31. The number of aliphatic hydroxyl groups is 1. The number of amides is 1. The fraction of sp³-hybridized carbons (Fsp3) is 0.438. The first kappa shape index (κ1) is 14.6. The molecule has 1 aliphatic carbocycles. The van der Waals surface area contributed by atoms with Crippen molar-refractivity contribution in [3.05, 3.63) is 41.5 Å². The summed E-state index contributed by atoms with van der Waals surface area (Å²) in [7, 11) is 0. The van der Waals surface area contributed by atoms with Crippen LogP contribution in [0.1, 0.15) is 37.9 Å². The van der Waals surface area contributed by atoms with Crippen LogP contribution in [0.4, 0.5) is 4.79 Å². The highest BCUT2D eigenvalue weighted by Gasteiger charge is 2.30. The van der Waals surface area contributed by atoms with Gasteiger partial charge in [0.25, 0.3) is 0 Å². The molecule has 0 radical (unpaired) electrons. The largest absolute Gasteiger partial charge is 0.444 e. The normalized spacial score (nSPS) is 16.9. The Hall–Kier alpha value is -1.81. The number of hydrogen-bond donors (Lipinski definition) is 1. The van der Waals surface area contributed by atoms with Crippen LogP contribution in [0, 0.1) is 0 Å². The van der Waals surface area contributed by atoms with Gasteiger partial charge >= 0.3 is 6.09 Å². The van der Waals surface area contributed by atoms with Crippen molar-refractivity contribution in [2.75, 3.05) is 13.2 Å². The monoisotopic (exact) mass is 275 g/mol. The van der Waals surface area contributed by atoms with Crippen molar-refractivity contribution in [2.45, 2.75) is 32.4 Å². The first-order valence-electron chi connectivity index (χ1n) is 6.80. The van der Waals surface area contributed by atoms with E-state index in [9.17, 15) is 9.90 Å². The van der Waals surface area contributed by atoms with E-state index in [0.29, 0.717) is 0 Å². The van der Waals surface area contributed by atoms with E-state index in [-0.39, 0.29) is 19.2 Å². The fourth-order valence-electron chi connectivity index (χ4n) is 2.27. The third-order valence-corrected chi connectivity index (χ3v) is 3.08. The van der Waals surface area contributed by atoms with Gasteiger partial charge in [-0.15, -0.1) is 0 Å². The lowest BCUT2D eigenvalue weighted by Crippen LogP contribution is -2.40. The first-order valence-corrected chi connectivity index (χ1v) is 6.80. The Labute approximate surface area is 119 Å². The molecule has 1 N–H and O–H groups in total. The molecule has 1 amide bonds. The Morgan fingerprint density at radius 1 is 1.35 bits per heavy atom. The highest BCUT2D eigenvalue weighted by atomic mass is 16.6. The second-order valence-electron chi connectivity index (χ2n) is 5.83. The molecule has 0 bridgehead atoms. The van der Waals surface area contributed by atoms with Crippen LogP contribution in [0.2, 0.25) is 0 Å². The molecular formula is C16H21NO3. The van der Waals surface area contributed by atoms with Gasteiger partial charge in [-0.25, -0.2) is 4.79 Å². The predicted molar refractivity (Wildman–Crippen MR) is 78.2 cm³/mol. The number of carbonyl (C=O) groups excluding carboxylic acids is 1. The van der Waals surface area contributed by atoms with Crippen LogP contribution in [0.5, 0.6) is 0 Å². The fourth-order valence-corrected chi connectivity index (χ4v) is 2.27. The third-order valence-electron chi connectivity index (χ3n) is 3.08. The number of nitrogens with zero attached hydrogens (tertiary/aromatic N) is 1. The third kappa shape index (κ3) is 3.20. The number of carbonyl (C=O) groups is 1. The quantitative estimate of drug-likeness (QED) is 0.922. The van der Waals surface area contributed by atoms with Crippen LogP contribution in [-0.2, 0) is 4.74 Å². The average Bonchev–Trinajstić information content (AvgIpc) is 2.77. The molecule has 0 spiro atoms. The number of ether oxygens (including phenoxy) is 1. The van der Waals surface area contributed by atoms with Crippen molar-refractivity contribution in [2.24, 2.45) is 0 Å². The Morgan fingerprint density at radius 2 is 2.05 bits per heavy atom. The average molecular weight is 275 g/mol. The maximum Gasteiger partial charge on any atom is 0.411 e. The Bertz CT molecular complexity index is 517. The van der Waals surface area contributed by atoms with Gasteiger partial charge in [-0.1, -0.05) is 36.4 Å². The molecule has 2 rings (SSSR count). The van der Waals surface area contributed by atoms with Gasteiger partial charge in [-0.05, 0) is 31.9 Å². The van der Waals surface area contributed by atoms with Crippen molar-refractivity contribution >= 4 is 12.2 Å². The number of rotatable bonds is 3. The van der Waals surface area contributed by atoms with E-state index in [1.165, 1.54) is 0 Å². The second kappa shape index (κ2) is 5.67. The summed E-state index contributed by atoms with van der Waals surface area (Å²) >= 11 is 0. The van der Waals surface area contributed by atoms with Gasteiger partial charge in [0, 0.05) is 6.54 Å². The number of benzene rings is 1. The molecule has 1 unspecified atom stereocenters. The van der Waals surface area contributed by atoms with Gasteiger partial charge in [0.1, 0.15) is 5.60 Å². The van der Waals surface area contributed by atoms with Gasteiger partial charge in [0.15, 0.2) is 0 Å². The van der Waals surface area contributed by atoms with Gasteiger partial charge in [0.05, 0.1) is 12.6 Å². The first-order chi connectivity index (χ1) is 9.42. The predicted octanol–water partition coefficient (Wildman–Crippen LogP) is 2.98. The summed E-state index contributed by atoms with van der Waals surface area (Å²) in [6.07, 6.45) is 3.55. The van der Waals surface area contributed by atoms with Crippen molar-refractivity contribution in [3.8, 4) is 0 Å². The van der Waals surface area contributed by atoms with E-state index >= 15 is 0 Å². The topological polar surface area (TPSA) is 49.8 Å². The van der Waals surface area contributed by atoms with E-state index in [1.54, 1.807) is 4.90 Å². The van der Waals surface area contributed by atoms with Crippen molar-refractivity contribution in [1.29, 1.82) is 0 Å². The van der Waals surface area contributed by atoms with Crippen molar-refractivity contribution < 1.29 is 14.6 Å². The van der Waals surface area contributed by atoms with Crippen LogP contribution < -0.4 is 0 Å². The van der Waals surface area contributed by atoms with E-state index in [0.717, 1.165) is 11.1 Å². The Balaban J connectivity index is 2.22. The van der Waals surface area contributed by atoms with Gasteiger partial charge in [0.2, 0.25) is 0 Å². The molecule has 0 saturated heterocycles. The van der Waals surface area contributed by atoms with E-state index in [2.05, 4.69) is 0 Å². The molecule has 0 aromatic heterocycles. The summed E-state index contributed by atoms with van der Waals surface area (Å²) in [4.78, 5) is 13.9. The van der Waals surface area contributed by atoms with Crippen LogP contribution in [-0.4, -0.2) is 34.9 Å². The summed E-state index contributed by atoms with van der Waals surface area (Å²) < 4.78 is 5.42. The van der Waals surface area contributed by atoms with E-state index in [1.807, 2.05) is 57.2 Å². The zero-order valence-corrected chi connectivity index (χ0v) is 12.2. The molecule has 20 heavy (non-hydrogen) atoms. The molecule has 1 aromatic rings. The van der Waals surface area contributed by atoms with Crippen LogP contribution in [0.25, 0.3) is 6.08 Å². The molecule has 4 heteroatoms. The maximum absolute atomic E-state index is 12.3. The molecule has 108 valence electrons. The number of aliphatic hydroxyl groups excluding tert-OH is 1. The lowest BCUT2D eigenvalue weighted by molar-refractivity contribution is 0.0164. The summed E-state index contributed by atoms with van der Waals surface area (Å²) in [5.74, 6) is 0. The lowest BCUT2D eigenvalue weighted by atomic mass is 10.1. The van der Waals surface area contributed by atoms with Gasteiger partial charge in [-0.3, -0.25) is 4.90 Å². The van der Waals surface area contributed by atoms with Crippen molar-refractivity contribution in [1.82, 2.24) is 4.90 Å². The minimum atomic E-state index is -0.549. The molecular weight excluding hydrogens is 254 g/mol. The molecule has 0 saturated carbocycles. The SMILES string of the molecule is CC(C)(C)OC(=O)N(CCO)C1C=Cc2ccccc21. The van der Waals surface area contributed by atoms with Gasteiger partial charge in [-0.2, -0.15) is 0 Å². The van der Waals surface area contributed by atoms with Crippen LogP contribution in [0.3, 0.4) is 0 Å². The van der Waals surface area contributed by atoms with Crippen LogP contribution >= 0.6 is 0 Å². The highest BCUT2D eigenvalue weighted by Crippen LogP contribution is 2.33. The summed E-state index contributed by atoms with van der Waals surface area (Å²) in [5.41, 5.74) is 1.61. The Kier molecular flexibility index (Phi) is 4.14. The molecule has 1 aliphatic rings. The number of fused-ring (bicyclic) bond motifs is 1. The smallest absolute Gasteiger partial charge is 0.411 e. The molecule has 0 fully saturated rings. The summed E-state index contributed by atoms with van der Waals surface area (Å²) in [5, 5.41) is 9.22. The molecule has 0 heterocycles. The molecule has 1 atom stereocenters. The zero-order valence-electron chi connectivity index (χ0n) is 12.2. The Morgan fingerprint density at radius 3 is 2.70 bits per heavy atom. The highest BCUT2D eigenvalue weighted by molar-refractivity contribution is 5.72. The number of hydrogen-bond acceptors (Lipinski definition) is 3.